The minimum absolute atomic E-state index is 0.0645. The van der Waals surface area contributed by atoms with E-state index < -0.39 is 5.91 Å². The first-order valence-electron chi connectivity index (χ1n) is 6.03. The minimum Gasteiger partial charge on any atom is -0.450 e. The van der Waals surface area contributed by atoms with Crippen molar-refractivity contribution in [1.29, 1.82) is 0 Å². The third kappa shape index (κ3) is 5.74. The lowest BCUT2D eigenvalue weighted by molar-refractivity contribution is -0.131. The average Bonchev–Trinajstić information content (AvgIpc) is 2.77. The lowest BCUT2D eigenvalue weighted by Gasteiger charge is -2.18. The maximum absolute atomic E-state index is 11.9. The highest BCUT2D eigenvalue weighted by molar-refractivity contribution is 9.10. The number of hydrogen-bond donors (Lipinski definition) is 1. The van der Waals surface area contributed by atoms with E-state index in [1.54, 1.807) is 18.2 Å². The van der Waals surface area contributed by atoms with Crippen molar-refractivity contribution in [3.05, 3.63) is 28.6 Å². The molecule has 0 saturated heterocycles. The van der Waals surface area contributed by atoms with Crippen LogP contribution in [0.1, 0.15) is 25.5 Å². The van der Waals surface area contributed by atoms with Gasteiger partial charge in [0, 0.05) is 12.6 Å². The van der Waals surface area contributed by atoms with Gasteiger partial charge in [0.05, 0.1) is 6.54 Å². The zero-order valence-corrected chi connectivity index (χ0v) is 12.4. The SMILES string of the molecule is CCCCN(CC(N)=O)C(=O)/C=C\c1ccc(Br)o1. The minimum atomic E-state index is -0.515. The molecule has 1 aromatic heterocycles. The van der Waals surface area contributed by atoms with E-state index in [0.29, 0.717) is 17.0 Å². The van der Waals surface area contributed by atoms with Gasteiger partial charge in [-0.2, -0.15) is 0 Å². The number of furan rings is 1. The molecule has 2 amide bonds. The first kappa shape index (κ1) is 15.5. The van der Waals surface area contributed by atoms with Gasteiger partial charge in [-0.3, -0.25) is 9.59 Å². The van der Waals surface area contributed by atoms with Crippen LogP contribution in [0.3, 0.4) is 0 Å². The Morgan fingerprint density at radius 3 is 2.74 bits per heavy atom. The maximum Gasteiger partial charge on any atom is 0.247 e. The first-order valence-corrected chi connectivity index (χ1v) is 6.83. The third-order valence-electron chi connectivity index (χ3n) is 2.42. The van der Waals surface area contributed by atoms with Gasteiger partial charge in [-0.25, -0.2) is 0 Å². The van der Waals surface area contributed by atoms with Crippen LogP contribution >= 0.6 is 15.9 Å². The van der Waals surface area contributed by atoms with Crippen molar-refractivity contribution in [1.82, 2.24) is 4.90 Å². The maximum atomic E-state index is 11.9. The number of halogens is 1. The van der Waals surface area contributed by atoms with Gasteiger partial charge in [-0.15, -0.1) is 0 Å². The second-order valence-corrected chi connectivity index (χ2v) is 4.84. The fraction of sp³-hybridized carbons (Fsp3) is 0.385. The molecule has 5 nitrogen and oxygen atoms in total. The Kier molecular flexibility index (Phi) is 6.35. The van der Waals surface area contributed by atoms with Crippen LogP contribution in [-0.2, 0) is 9.59 Å². The lowest BCUT2D eigenvalue weighted by atomic mass is 10.3. The summed E-state index contributed by atoms with van der Waals surface area (Å²) in [4.78, 5) is 24.3. The molecule has 0 fully saturated rings. The van der Waals surface area contributed by atoms with Crippen LogP contribution in [-0.4, -0.2) is 29.8 Å². The Balaban J connectivity index is 2.64. The van der Waals surface area contributed by atoms with Crippen LogP contribution in [0, 0.1) is 0 Å². The monoisotopic (exact) mass is 328 g/mol. The van der Waals surface area contributed by atoms with E-state index >= 15 is 0 Å². The summed E-state index contributed by atoms with van der Waals surface area (Å²) in [5.74, 6) is -0.201. The Morgan fingerprint density at radius 2 is 2.21 bits per heavy atom. The van der Waals surface area contributed by atoms with Gasteiger partial charge < -0.3 is 15.1 Å². The number of nitrogens with two attached hydrogens (primary N) is 1. The number of rotatable bonds is 7. The second-order valence-electron chi connectivity index (χ2n) is 4.05. The summed E-state index contributed by atoms with van der Waals surface area (Å²) in [5, 5.41) is 0. The van der Waals surface area contributed by atoms with Crippen LogP contribution in [0.2, 0.25) is 0 Å². The number of carbonyl (C=O) groups is 2. The molecule has 0 aliphatic rings. The molecule has 0 spiro atoms. The molecule has 1 heterocycles. The predicted molar refractivity (Wildman–Crippen MR) is 76.1 cm³/mol. The highest BCUT2D eigenvalue weighted by atomic mass is 79.9. The molecule has 104 valence electrons. The van der Waals surface area contributed by atoms with E-state index in [2.05, 4.69) is 15.9 Å². The predicted octanol–water partition coefficient (Wildman–Crippen LogP) is 2.17. The Hall–Kier alpha value is -1.56. The van der Waals surface area contributed by atoms with Gasteiger partial charge in [-0.05, 0) is 40.6 Å². The summed E-state index contributed by atoms with van der Waals surface area (Å²) >= 11 is 3.18. The van der Waals surface area contributed by atoms with E-state index in [-0.39, 0.29) is 12.5 Å². The van der Waals surface area contributed by atoms with Crippen LogP contribution < -0.4 is 5.73 Å². The van der Waals surface area contributed by atoms with E-state index in [9.17, 15) is 9.59 Å². The Labute approximate surface area is 120 Å². The van der Waals surface area contributed by atoms with Gasteiger partial charge >= 0.3 is 0 Å². The standard InChI is InChI=1S/C13H17BrN2O3/c1-2-3-8-16(9-12(15)17)13(18)7-5-10-4-6-11(14)19-10/h4-7H,2-3,8-9H2,1H3,(H2,15,17)/b7-5-. The van der Waals surface area contributed by atoms with Crippen LogP contribution in [0.5, 0.6) is 0 Å². The third-order valence-corrected chi connectivity index (χ3v) is 2.85. The quantitative estimate of drug-likeness (QED) is 0.779. The van der Waals surface area contributed by atoms with E-state index in [0.717, 1.165) is 12.8 Å². The summed E-state index contributed by atoms with van der Waals surface area (Å²) in [6.45, 7) is 2.47. The number of primary amides is 1. The molecular formula is C13H17BrN2O3. The van der Waals surface area contributed by atoms with E-state index in [1.807, 2.05) is 6.92 Å². The molecule has 1 aromatic rings. The topological polar surface area (TPSA) is 76.5 Å². The molecule has 0 aliphatic carbocycles. The molecule has 0 atom stereocenters. The van der Waals surface area contributed by atoms with Crippen molar-refractivity contribution >= 4 is 33.8 Å². The number of amides is 2. The Morgan fingerprint density at radius 1 is 1.47 bits per heavy atom. The van der Waals surface area contributed by atoms with Crippen LogP contribution in [0.25, 0.3) is 6.08 Å². The second kappa shape index (κ2) is 7.78. The normalized spacial score (nSPS) is 10.8. The highest BCUT2D eigenvalue weighted by Crippen LogP contribution is 2.15. The number of unbranched alkanes of at least 4 members (excludes halogenated alkanes) is 1. The molecule has 0 aromatic carbocycles. The van der Waals surface area contributed by atoms with E-state index in [1.165, 1.54) is 11.0 Å². The number of nitrogens with zero attached hydrogens (tertiary/aromatic N) is 1. The first-order chi connectivity index (χ1) is 9.02. The highest BCUT2D eigenvalue weighted by Gasteiger charge is 2.12. The van der Waals surface area contributed by atoms with E-state index in [4.69, 9.17) is 10.2 Å². The van der Waals surface area contributed by atoms with Crippen molar-refractivity contribution in [3.63, 3.8) is 0 Å². The van der Waals surface area contributed by atoms with Crippen LogP contribution in [0.4, 0.5) is 0 Å². The van der Waals surface area contributed by atoms with Crippen molar-refractivity contribution in [3.8, 4) is 0 Å². The summed E-state index contributed by atoms with van der Waals surface area (Å²) in [5.41, 5.74) is 5.13. The molecule has 0 radical (unpaired) electrons. The summed E-state index contributed by atoms with van der Waals surface area (Å²) in [6.07, 6.45) is 4.72. The van der Waals surface area contributed by atoms with Gasteiger partial charge in [-0.1, -0.05) is 13.3 Å². The molecule has 6 heteroatoms. The fourth-order valence-corrected chi connectivity index (χ4v) is 1.80. The molecule has 2 N–H and O–H groups in total. The number of hydrogen-bond acceptors (Lipinski definition) is 3. The van der Waals surface area contributed by atoms with Crippen molar-refractivity contribution < 1.29 is 14.0 Å². The summed E-state index contributed by atoms with van der Waals surface area (Å²) < 4.78 is 5.84. The van der Waals surface area contributed by atoms with Crippen LogP contribution in [0.15, 0.2) is 27.3 Å². The largest absolute Gasteiger partial charge is 0.450 e. The molecule has 0 aliphatic heterocycles. The van der Waals surface area contributed by atoms with Gasteiger partial charge in [0.2, 0.25) is 11.8 Å². The molecular weight excluding hydrogens is 312 g/mol. The van der Waals surface area contributed by atoms with Crippen molar-refractivity contribution in [2.75, 3.05) is 13.1 Å². The summed E-state index contributed by atoms with van der Waals surface area (Å²) in [6, 6.07) is 3.47. The van der Waals surface area contributed by atoms with Gasteiger partial charge in [0.15, 0.2) is 4.67 Å². The van der Waals surface area contributed by atoms with Crippen molar-refractivity contribution in [2.24, 2.45) is 5.73 Å². The lowest BCUT2D eigenvalue weighted by Crippen LogP contribution is -2.38. The summed E-state index contributed by atoms with van der Waals surface area (Å²) in [7, 11) is 0. The Bertz CT molecular complexity index is 468. The molecule has 0 saturated carbocycles. The molecule has 0 bridgehead atoms. The van der Waals surface area contributed by atoms with Crippen molar-refractivity contribution in [2.45, 2.75) is 19.8 Å². The molecule has 1 rings (SSSR count). The number of carbonyl (C=O) groups excluding carboxylic acids is 2. The smallest absolute Gasteiger partial charge is 0.247 e. The zero-order valence-electron chi connectivity index (χ0n) is 10.8. The molecule has 19 heavy (non-hydrogen) atoms. The molecule has 0 unspecified atom stereocenters. The van der Waals surface area contributed by atoms with Gasteiger partial charge in [0.1, 0.15) is 5.76 Å². The average molecular weight is 329 g/mol. The fourth-order valence-electron chi connectivity index (χ4n) is 1.48. The zero-order chi connectivity index (χ0) is 14.3. The van der Waals surface area contributed by atoms with Gasteiger partial charge in [0.25, 0.3) is 0 Å².